The number of halogens is 1. The fourth-order valence-electron chi connectivity index (χ4n) is 1.50. The summed E-state index contributed by atoms with van der Waals surface area (Å²) < 4.78 is 23.5. The van der Waals surface area contributed by atoms with Crippen molar-refractivity contribution < 1.29 is 19.0 Å². The van der Waals surface area contributed by atoms with E-state index in [9.17, 15) is 4.39 Å². The van der Waals surface area contributed by atoms with Crippen LogP contribution in [-0.4, -0.2) is 25.9 Å². The molecule has 1 aromatic carbocycles. The maximum atomic E-state index is 13.4. The standard InChI is InChI=1S/C11H15FO3/c1-14-7-9-10(12)4-3-8(5-6-13)11(9)15-2/h3-4,13H,5-7H2,1-2H3. The summed E-state index contributed by atoms with van der Waals surface area (Å²) in [5, 5.41) is 8.85. The van der Waals surface area contributed by atoms with Crippen molar-refractivity contribution in [1.82, 2.24) is 0 Å². The quantitative estimate of drug-likeness (QED) is 0.807. The zero-order valence-corrected chi connectivity index (χ0v) is 8.92. The molecule has 3 nitrogen and oxygen atoms in total. The van der Waals surface area contributed by atoms with E-state index in [-0.39, 0.29) is 19.0 Å². The minimum absolute atomic E-state index is 0.00835. The Kier molecular flexibility index (Phi) is 4.52. The highest BCUT2D eigenvalue weighted by Gasteiger charge is 2.13. The monoisotopic (exact) mass is 214 g/mol. The van der Waals surface area contributed by atoms with Gasteiger partial charge >= 0.3 is 0 Å². The number of hydrogen-bond donors (Lipinski definition) is 1. The third-order valence-corrected chi connectivity index (χ3v) is 2.16. The van der Waals surface area contributed by atoms with Gasteiger partial charge in [-0.15, -0.1) is 0 Å². The van der Waals surface area contributed by atoms with Crippen LogP contribution in [0.15, 0.2) is 12.1 Å². The predicted molar refractivity (Wildman–Crippen MR) is 54.5 cm³/mol. The fourth-order valence-corrected chi connectivity index (χ4v) is 1.50. The van der Waals surface area contributed by atoms with Gasteiger partial charge in [-0.1, -0.05) is 6.07 Å². The lowest BCUT2D eigenvalue weighted by Crippen LogP contribution is -2.03. The molecule has 1 aromatic rings. The Labute approximate surface area is 88.4 Å². The Morgan fingerprint density at radius 2 is 2.07 bits per heavy atom. The second-order valence-electron chi connectivity index (χ2n) is 3.12. The molecular formula is C11H15FO3. The lowest BCUT2D eigenvalue weighted by molar-refractivity contribution is 0.177. The molecule has 0 unspecified atom stereocenters. The van der Waals surface area contributed by atoms with E-state index in [2.05, 4.69) is 0 Å². The van der Waals surface area contributed by atoms with Crippen LogP contribution in [-0.2, 0) is 17.8 Å². The highest BCUT2D eigenvalue weighted by molar-refractivity contribution is 5.42. The summed E-state index contributed by atoms with van der Waals surface area (Å²) >= 11 is 0. The SMILES string of the molecule is COCc1c(F)ccc(CCO)c1OC. The molecule has 0 amide bonds. The zero-order chi connectivity index (χ0) is 11.3. The van der Waals surface area contributed by atoms with Crippen molar-refractivity contribution >= 4 is 0 Å². The molecule has 15 heavy (non-hydrogen) atoms. The highest BCUT2D eigenvalue weighted by atomic mass is 19.1. The van der Waals surface area contributed by atoms with Gasteiger partial charge in [0, 0.05) is 13.7 Å². The molecule has 0 aliphatic carbocycles. The van der Waals surface area contributed by atoms with Crippen molar-refractivity contribution in [3.63, 3.8) is 0 Å². The average molecular weight is 214 g/mol. The molecule has 0 saturated carbocycles. The van der Waals surface area contributed by atoms with Crippen molar-refractivity contribution in [3.05, 3.63) is 29.1 Å². The first-order chi connectivity index (χ1) is 7.24. The number of aliphatic hydroxyl groups excluding tert-OH is 1. The first kappa shape index (κ1) is 11.9. The van der Waals surface area contributed by atoms with Gasteiger partial charge in [0.2, 0.25) is 0 Å². The van der Waals surface area contributed by atoms with Gasteiger partial charge in [-0.05, 0) is 18.1 Å². The second-order valence-corrected chi connectivity index (χ2v) is 3.12. The number of hydrogen-bond acceptors (Lipinski definition) is 3. The molecule has 1 rings (SSSR count). The molecule has 1 N–H and O–H groups in total. The predicted octanol–water partition coefficient (Wildman–Crippen LogP) is 1.52. The van der Waals surface area contributed by atoms with Crippen LogP contribution in [0.25, 0.3) is 0 Å². The van der Waals surface area contributed by atoms with Crippen LogP contribution in [0.4, 0.5) is 4.39 Å². The molecule has 0 heterocycles. The molecule has 0 spiro atoms. The topological polar surface area (TPSA) is 38.7 Å². The Bertz CT molecular complexity index is 326. The van der Waals surface area contributed by atoms with Crippen LogP contribution in [0.5, 0.6) is 5.75 Å². The van der Waals surface area contributed by atoms with Gasteiger partial charge in [0.1, 0.15) is 11.6 Å². The molecule has 84 valence electrons. The Balaban J connectivity index is 3.14. The van der Waals surface area contributed by atoms with Crippen LogP contribution >= 0.6 is 0 Å². The first-order valence-corrected chi connectivity index (χ1v) is 4.68. The average Bonchev–Trinajstić information content (AvgIpc) is 2.24. The van der Waals surface area contributed by atoms with Crippen LogP contribution < -0.4 is 4.74 Å². The third-order valence-electron chi connectivity index (χ3n) is 2.16. The summed E-state index contributed by atoms with van der Waals surface area (Å²) in [4.78, 5) is 0. The molecule has 0 saturated heterocycles. The second kappa shape index (κ2) is 5.68. The Morgan fingerprint density at radius 3 is 2.60 bits per heavy atom. The van der Waals surface area contributed by atoms with E-state index in [0.717, 1.165) is 5.56 Å². The number of rotatable bonds is 5. The van der Waals surface area contributed by atoms with Gasteiger partial charge in [0.25, 0.3) is 0 Å². The van der Waals surface area contributed by atoms with E-state index < -0.39 is 0 Å². The summed E-state index contributed by atoms with van der Waals surface area (Å²) in [5.41, 5.74) is 1.18. The summed E-state index contributed by atoms with van der Waals surface area (Å²) in [6.07, 6.45) is 0.445. The van der Waals surface area contributed by atoms with E-state index in [1.54, 1.807) is 6.07 Å². The minimum atomic E-state index is -0.351. The normalized spacial score (nSPS) is 10.4. The van der Waals surface area contributed by atoms with Gasteiger partial charge in [0.05, 0.1) is 19.3 Å². The van der Waals surface area contributed by atoms with Crippen LogP contribution in [0, 0.1) is 5.82 Å². The molecular weight excluding hydrogens is 199 g/mol. The van der Waals surface area contributed by atoms with Gasteiger partial charge in [-0.25, -0.2) is 4.39 Å². The highest BCUT2D eigenvalue weighted by Crippen LogP contribution is 2.27. The van der Waals surface area contributed by atoms with Gasteiger partial charge < -0.3 is 14.6 Å². The maximum Gasteiger partial charge on any atom is 0.132 e. The molecule has 4 heteroatoms. The van der Waals surface area contributed by atoms with Crippen LogP contribution in [0.3, 0.4) is 0 Å². The lowest BCUT2D eigenvalue weighted by atomic mass is 10.1. The fraction of sp³-hybridized carbons (Fsp3) is 0.455. The van der Waals surface area contributed by atoms with E-state index >= 15 is 0 Å². The van der Waals surface area contributed by atoms with Crippen molar-refractivity contribution in [2.75, 3.05) is 20.8 Å². The largest absolute Gasteiger partial charge is 0.496 e. The summed E-state index contributed by atoms with van der Waals surface area (Å²) in [5.74, 6) is 0.112. The van der Waals surface area contributed by atoms with E-state index in [4.69, 9.17) is 14.6 Å². The van der Waals surface area contributed by atoms with Gasteiger partial charge in [-0.3, -0.25) is 0 Å². The smallest absolute Gasteiger partial charge is 0.132 e. The van der Waals surface area contributed by atoms with E-state index in [1.807, 2.05) is 0 Å². The number of aliphatic hydroxyl groups is 1. The molecule has 0 atom stereocenters. The molecule has 0 radical (unpaired) electrons. The molecule has 0 aromatic heterocycles. The van der Waals surface area contributed by atoms with Crippen LogP contribution in [0.1, 0.15) is 11.1 Å². The van der Waals surface area contributed by atoms with Crippen molar-refractivity contribution in [2.24, 2.45) is 0 Å². The Morgan fingerprint density at radius 1 is 1.33 bits per heavy atom. The maximum absolute atomic E-state index is 13.4. The molecule has 0 bridgehead atoms. The van der Waals surface area contributed by atoms with Gasteiger partial charge in [-0.2, -0.15) is 0 Å². The lowest BCUT2D eigenvalue weighted by Gasteiger charge is -2.13. The van der Waals surface area contributed by atoms with Crippen molar-refractivity contribution in [1.29, 1.82) is 0 Å². The first-order valence-electron chi connectivity index (χ1n) is 4.68. The third kappa shape index (κ3) is 2.67. The van der Waals surface area contributed by atoms with Crippen molar-refractivity contribution in [3.8, 4) is 5.75 Å². The van der Waals surface area contributed by atoms with Crippen molar-refractivity contribution in [2.45, 2.75) is 13.0 Å². The van der Waals surface area contributed by atoms with Crippen LogP contribution in [0.2, 0.25) is 0 Å². The molecule has 0 aliphatic rings. The number of ether oxygens (including phenoxy) is 2. The van der Waals surface area contributed by atoms with E-state index in [0.29, 0.717) is 17.7 Å². The minimum Gasteiger partial charge on any atom is -0.496 e. The number of methoxy groups -OCH3 is 2. The molecule has 0 fully saturated rings. The number of benzene rings is 1. The van der Waals surface area contributed by atoms with Gasteiger partial charge in [0.15, 0.2) is 0 Å². The zero-order valence-electron chi connectivity index (χ0n) is 8.92. The van der Waals surface area contributed by atoms with E-state index in [1.165, 1.54) is 20.3 Å². The summed E-state index contributed by atoms with van der Waals surface area (Å²) in [6.45, 7) is 0.169. The Hall–Kier alpha value is -1.13. The summed E-state index contributed by atoms with van der Waals surface area (Å²) in [7, 11) is 2.98. The summed E-state index contributed by atoms with van der Waals surface area (Å²) in [6, 6.07) is 2.98. The molecule has 0 aliphatic heterocycles.